The van der Waals surface area contributed by atoms with Crippen LogP contribution in [-0.2, 0) is 0 Å². The van der Waals surface area contributed by atoms with E-state index in [0.717, 1.165) is 0 Å². The highest BCUT2D eigenvalue weighted by Gasteiger charge is 2.11. The Hall–Kier alpha value is -2.04. The molecule has 0 aliphatic carbocycles. The van der Waals surface area contributed by atoms with Crippen LogP contribution in [0.15, 0.2) is 17.5 Å². The zero-order valence-corrected chi connectivity index (χ0v) is 7.80. The average molecular weight is 200 g/mol. The van der Waals surface area contributed by atoms with Crippen molar-refractivity contribution in [2.45, 2.75) is 0 Å². The molecule has 3 nitrogen and oxygen atoms in total. The maximum atomic E-state index is 9.64. The average Bonchev–Trinajstić information content (AvgIpc) is 2.68. The van der Waals surface area contributed by atoms with Gasteiger partial charge in [-0.25, -0.2) is 0 Å². The zero-order chi connectivity index (χ0) is 10.1. The third-order valence-corrected chi connectivity index (χ3v) is 2.88. The van der Waals surface area contributed by atoms with E-state index in [2.05, 4.69) is 0 Å². The molecule has 0 unspecified atom stereocenters. The number of rotatable bonds is 0. The molecule has 0 atom stereocenters. The predicted octanol–water partition coefficient (Wildman–Crippen LogP) is 2.35. The van der Waals surface area contributed by atoms with Gasteiger partial charge in [-0.15, -0.1) is 11.3 Å². The lowest BCUT2D eigenvalue weighted by Crippen LogP contribution is -1.81. The van der Waals surface area contributed by atoms with Gasteiger partial charge in [0.2, 0.25) is 0 Å². The molecule has 0 bridgehead atoms. The number of hydrogen-bond acceptors (Lipinski definition) is 4. The van der Waals surface area contributed by atoms with Crippen LogP contribution < -0.4 is 0 Å². The molecule has 2 rings (SSSR count). The molecular weight excluding hydrogens is 196 g/mol. The highest BCUT2D eigenvalue weighted by atomic mass is 32.1. The quantitative estimate of drug-likeness (QED) is 0.709. The third kappa shape index (κ3) is 1.02. The van der Waals surface area contributed by atoms with Crippen molar-refractivity contribution in [2.75, 3.05) is 0 Å². The van der Waals surface area contributed by atoms with Gasteiger partial charge in [0.1, 0.15) is 6.07 Å². The summed E-state index contributed by atoms with van der Waals surface area (Å²) >= 11 is 1.32. The van der Waals surface area contributed by atoms with Gasteiger partial charge >= 0.3 is 0 Å². The van der Waals surface area contributed by atoms with E-state index in [4.69, 9.17) is 10.5 Å². The summed E-state index contributed by atoms with van der Waals surface area (Å²) in [7, 11) is 0. The van der Waals surface area contributed by atoms with Gasteiger partial charge in [0.25, 0.3) is 0 Å². The van der Waals surface area contributed by atoms with Crippen LogP contribution in [-0.4, -0.2) is 5.11 Å². The van der Waals surface area contributed by atoms with Crippen LogP contribution in [0.25, 0.3) is 10.1 Å². The molecule has 1 aromatic heterocycles. The molecule has 2 aromatic rings. The largest absolute Gasteiger partial charge is 0.505 e. The van der Waals surface area contributed by atoms with E-state index < -0.39 is 0 Å². The molecule has 0 radical (unpaired) electrons. The van der Waals surface area contributed by atoms with Gasteiger partial charge in [0, 0.05) is 5.39 Å². The first kappa shape index (κ1) is 8.55. The van der Waals surface area contributed by atoms with Crippen molar-refractivity contribution in [3.05, 3.63) is 28.6 Å². The molecule has 0 spiro atoms. The number of aromatic hydroxyl groups is 1. The molecule has 1 N–H and O–H groups in total. The molecule has 0 aliphatic heterocycles. The Balaban J connectivity index is 2.98. The van der Waals surface area contributed by atoms with Crippen molar-refractivity contribution in [1.82, 2.24) is 0 Å². The van der Waals surface area contributed by atoms with Gasteiger partial charge in [-0.2, -0.15) is 10.5 Å². The van der Waals surface area contributed by atoms with E-state index in [9.17, 15) is 5.11 Å². The Morgan fingerprint density at radius 3 is 2.57 bits per heavy atom. The second kappa shape index (κ2) is 3.02. The first-order valence-electron chi connectivity index (χ1n) is 3.81. The Bertz CT molecular complexity index is 586. The van der Waals surface area contributed by atoms with Crippen LogP contribution in [0.3, 0.4) is 0 Å². The number of nitrogens with zero attached hydrogens (tertiary/aromatic N) is 2. The van der Waals surface area contributed by atoms with Crippen molar-refractivity contribution >= 4 is 21.4 Å². The van der Waals surface area contributed by atoms with Crippen LogP contribution >= 0.6 is 11.3 Å². The number of phenols is 1. The Kier molecular flexibility index (Phi) is 1.85. The van der Waals surface area contributed by atoms with Gasteiger partial charge in [-0.3, -0.25) is 0 Å². The SMILES string of the molecule is N#Cc1cc(C#N)c2ccsc2c1O. The van der Waals surface area contributed by atoms with Gasteiger partial charge in [0.05, 0.1) is 21.9 Å². The van der Waals surface area contributed by atoms with Crippen LogP contribution in [0.2, 0.25) is 0 Å². The smallest absolute Gasteiger partial charge is 0.151 e. The highest BCUT2D eigenvalue weighted by molar-refractivity contribution is 7.17. The Morgan fingerprint density at radius 1 is 1.21 bits per heavy atom. The highest BCUT2D eigenvalue weighted by Crippen LogP contribution is 2.34. The van der Waals surface area contributed by atoms with Crippen molar-refractivity contribution < 1.29 is 5.11 Å². The molecule has 0 saturated heterocycles. The summed E-state index contributed by atoms with van der Waals surface area (Å²) in [5.41, 5.74) is 0.576. The second-order valence-corrected chi connectivity index (χ2v) is 3.62. The minimum absolute atomic E-state index is 0.0310. The number of thiophene rings is 1. The van der Waals surface area contributed by atoms with Crippen LogP contribution in [0, 0.1) is 22.7 Å². The van der Waals surface area contributed by atoms with E-state index in [0.29, 0.717) is 15.6 Å². The summed E-state index contributed by atoms with van der Waals surface area (Å²) in [6.07, 6.45) is 0. The molecule has 0 amide bonds. The van der Waals surface area contributed by atoms with Crippen molar-refractivity contribution in [3.63, 3.8) is 0 Å². The maximum absolute atomic E-state index is 9.64. The van der Waals surface area contributed by atoms with E-state index in [-0.39, 0.29) is 11.3 Å². The summed E-state index contributed by atoms with van der Waals surface area (Å²) in [4.78, 5) is 0. The predicted molar refractivity (Wildman–Crippen MR) is 52.9 cm³/mol. The summed E-state index contributed by atoms with van der Waals surface area (Å²) in [6, 6.07) is 7.03. The van der Waals surface area contributed by atoms with Crippen molar-refractivity contribution in [2.24, 2.45) is 0 Å². The number of fused-ring (bicyclic) bond motifs is 1. The molecule has 1 heterocycles. The van der Waals surface area contributed by atoms with Gasteiger partial charge < -0.3 is 5.11 Å². The summed E-state index contributed by atoms with van der Waals surface area (Å²) in [6.45, 7) is 0. The Labute approximate surface area is 84.1 Å². The molecule has 0 fully saturated rings. The van der Waals surface area contributed by atoms with Crippen LogP contribution in [0.5, 0.6) is 5.75 Å². The monoisotopic (exact) mass is 200 g/mol. The fraction of sp³-hybridized carbons (Fsp3) is 0. The lowest BCUT2D eigenvalue weighted by Gasteiger charge is -1.99. The molecule has 0 aliphatic rings. The fourth-order valence-corrected chi connectivity index (χ4v) is 2.16. The van der Waals surface area contributed by atoms with Gasteiger partial charge in [-0.1, -0.05) is 0 Å². The van der Waals surface area contributed by atoms with Crippen molar-refractivity contribution in [3.8, 4) is 17.9 Å². The number of phenolic OH excluding ortho intramolecular Hbond substituents is 1. The van der Waals surface area contributed by atoms with Crippen LogP contribution in [0.1, 0.15) is 11.1 Å². The maximum Gasteiger partial charge on any atom is 0.151 e. The first-order valence-corrected chi connectivity index (χ1v) is 4.69. The molecule has 1 aromatic carbocycles. The lowest BCUT2D eigenvalue weighted by atomic mass is 10.1. The summed E-state index contributed by atoms with van der Waals surface area (Å²) < 4.78 is 0.598. The molecular formula is C10H4N2OS. The first-order chi connectivity index (χ1) is 6.77. The Morgan fingerprint density at radius 2 is 1.93 bits per heavy atom. The molecule has 4 heteroatoms. The van der Waals surface area contributed by atoms with Crippen LogP contribution in [0.4, 0.5) is 0 Å². The third-order valence-electron chi connectivity index (χ3n) is 1.96. The van der Waals surface area contributed by atoms with E-state index in [1.54, 1.807) is 11.4 Å². The standard InChI is InChI=1S/C10H4N2OS/c11-4-6-3-7(5-12)9(13)10-8(6)1-2-14-10/h1-3,13H. The van der Waals surface area contributed by atoms with E-state index in [1.165, 1.54) is 17.4 Å². The second-order valence-electron chi connectivity index (χ2n) is 2.71. The minimum atomic E-state index is -0.0310. The molecule has 66 valence electrons. The molecule has 14 heavy (non-hydrogen) atoms. The lowest BCUT2D eigenvalue weighted by molar-refractivity contribution is 0.481. The van der Waals surface area contributed by atoms with E-state index in [1.807, 2.05) is 12.1 Å². The number of nitriles is 2. The van der Waals surface area contributed by atoms with Gasteiger partial charge in [-0.05, 0) is 17.5 Å². The van der Waals surface area contributed by atoms with Crippen molar-refractivity contribution in [1.29, 1.82) is 10.5 Å². The topological polar surface area (TPSA) is 67.8 Å². The number of benzene rings is 1. The fourth-order valence-electron chi connectivity index (χ4n) is 1.30. The zero-order valence-electron chi connectivity index (χ0n) is 6.98. The summed E-state index contributed by atoms with van der Waals surface area (Å²) in [5.74, 6) is -0.0310. The minimum Gasteiger partial charge on any atom is -0.505 e. The molecule has 0 saturated carbocycles. The van der Waals surface area contributed by atoms with E-state index >= 15 is 0 Å². The van der Waals surface area contributed by atoms with Gasteiger partial charge in [0.15, 0.2) is 5.75 Å². The normalized spacial score (nSPS) is 9.57. The number of hydrogen-bond donors (Lipinski definition) is 1. The summed E-state index contributed by atoms with van der Waals surface area (Å²) in [5, 5.41) is 29.7.